The fraction of sp³-hybridized carbons (Fsp3) is 0.917. The molecular formula is C12H24N2OS. The molecule has 1 heterocycles. The van der Waals surface area contributed by atoms with Crippen LogP contribution in [0.1, 0.15) is 32.1 Å². The van der Waals surface area contributed by atoms with Crippen LogP contribution in [0, 0.1) is 5.92 Å². The summed E-state index contributed by atoms with van der Waals surface area (Å²) in [7, 11) is 0. The van der Waals surface area contributed by atoms with Gasteiger partial charge in [-0.2, -0.15) is 11.8 Å². The second kappa shape index (κ2) is 8.88. The third-order valence-corrected chi connectivity index (χ3v) is 3.68. The van der Waals surface area contributed by atoms with Crippen molar-refractivity contribution in [1.82, 2.24) is 10.6 Å². The molecule has 0 spiro atoms. The van der Waals surface area contributed by atoms with Crippen LogP contribution in [0.25, 0.3) is 0 Å². The van der Waals surface area contributed by atoms with Crippen LogP contribution in [-0.4, -0.2) is 37.6 Å². The summed E-state index contributed by atoms with van der Waals surface area (Å²) in [5.41, 5.74) is 0. The third kappa shape index (κ3) is 6.38. The Morgan fingerprint density at radius 3 is 3.00 bits per heavy atom. The number of carbonyl (C=O) groups is 1. The van der Waals surface area contributed by atoms with E-state index in [1.54, 1.807) is 0 Å². The number of carbonyl (C=O) groups excluding carboxylic acids is 1. The van der Waals surface area contributed by atoms with Crippen molar-refractivity contribution in [3.8, 4) is 0 Å². The SMILES string of the molecule is CSCCCCCNC(=O)CC1CCNC1. The Hall–Kier alpha value is -0.220. The van der Waals surface area contributed by atoms with Crippen LogP contribution in [0.15, 0.2) is 0 Å². The lowest BCUT2D eigenvalue weighted by molar-refractivity contribution is -0.121. The molecule has 1 rings (SSSR count). The Bertz CT molecular complexity index is 193. The third-order valence-electron chi connectivity index (χ3n) is 2.98. The van der Waals surface area contributed by atoms with E-state index in [9.17, 15) is 4.79 Å². The summed E-state index contributed by atoms with van der Waals surface area (Å²) in [5, 5.41) is 6.30. The first kappa shape index (κ1) is 13.8. The molecule has 0 aliphatic carbocycles. The average molecular weight is 244 g/mol. The smallest absolute Gasteiger partial charge is 0.220 e. The van der Waals surface area contributed by atoms with Crippen LogP contribution < -0.4 is 10.6 Å². The van der Waals surface area contributed by atoms with Gasteiger partial charge in [-0.1, -0.05) is 6.42 Å². The Balaban J connectivity index is 1.89. The molecule has 2 N–H and O–H groups in total. The molecule has 1 unspecified atom stereocenters. The average Bonchev–Trinajstić information content (AvgIpc) is 2.76. The Kier molecular flexibility index (Phi) is 7.68. The second-order valence-corrected chi connectivity index (χ2v) is 5.45. The highest BCUT2D eigenvalue weighted by atomic mass is 32.2. The number of amides is 1. The highest BCUT2D eigenvalue weighted by molar-refractivity contribution is 7.98. The molecular weight excluding hydrogens is 220 g/mol. The van der Waals surface area contributed by atoms with E-state index >= 15 is 0 Å². The lowest BCUT2D eigenvalue weighted by Crippen LogP contribution is -2.27. The van der Waals surface area contributed by atoms with Crippen LogP contribution >= 0.6 is 11.8 Å². The van der Waals surface area contributed by atoms with Gasteiger partial charge in [0, 0.05) is 13.0 Å². The van der Waals surface area contributed by atoms with E-state index in [0.29, 0.717) is 12.3 Å². The fourth-order valence-corrected chi connectivity index (χ4v) is 2.49. The Morgan fingerprint density at radius 2 is 2.31 bits per heavy atom. The van der Waals surface area contributed by atoms with Gasteiger partial charge < -0.3 is 10.6 Å². The zero-order chi connectivity index (χ0) is 11.6. The van der Waals surface area contributed by atoms with Crippen molar-refractivity contribution in [2.24, 2.45) is 5.92 Å². The lowest BCUT2D eigenvalue weighted by Gasteiger charge is -2.08. The van der Waals surface area contributed by atoms with Gasteiger partial charge >= 0.3 is 0 Å². The molecule has 1 atom stereocenters. The summed E-state index contributed by atoms with van der Waals surface area (Å²) in [6.45, 7) is 2.95. The van der Waals surface area contributed by atoms with Crippen LogP contribution in [-0.2, 0) is 4.79 Å². The van der Waals surface area contributed by atoms with Gasteiger partial charge in [-0.3, -0.25) is 4.79 Å². The maximum Gasteiger partial charge on any atom is 0.220 e. The van der Waals surface area contributed by atoms with Crippen molar-refractivity contribution in [1.29, 1.82) is 0 Å². The van der Waals surface area contributed by atoms with Gasteiger partial charge in [0.15, 0.2) is 0 Å². The zero-order valence-electron chi connectivity index (χ0n) is 10.3. The van der Waals surface area contributed by atoms with Crippen LogP contribution in [0.2, 0.25) is 0 Å². The summed E-state index contributed by atoms with van der Waals surface area (Å²) >= 11 is 1.89. The molecule has 16 heavy (non-hydrogen) atoms. The molecule has 1 aliphatic heterocycles. The van der Waals surface area contributed by atoms with Crippen LogP contribution in [0.4, 0.5) is 0 Å². The number of hydrogen-bond acceptors (Lipinski definition) is 3. The molecule has 94 valence electrons. The predicted octanol–water partition coefficient (Wildman–Crippen LogP) is 1.64. The molecule has 1 aliphatic rings. The van der Waals surface area contributed by atoms with Crippen molar-refractivity contribution >= 4 is 17.7 Å². The molecule has 0 saturated carbocycles. The first-order chi connectivity index (χ1) is 7.83. The largest absolute Gasteiger partial charge is 0.356 e. The predicted molar refractivity (Wildman–Crippen MR) is 70.8 cm³/mol. The minimum absolute atomic E-state index is 0.235. The van der Waals surface area contributed by atoms with E-state index in [1.807, 2.05) is 11.8 Å². The Labute approximate surface area is 103 Å². The van der Waals surface area contributed by atoms with Gasteiger partial charge in [0.1, 0.15) is 0 Å². The van der Waals surface area contributed by atoms with Crippen molar-refractivity contribution in [2.45, 2.75) is 32.1 Å². The van der Waals surface area contributed by atoms with Crippen molar-refractivity contribution in [3.05, 3.63) is 0 Å². The number of unbranched alkanes of at least 4 members (excludes halogenated alkanes) is 2. The molecule has 1 fully saturated rings. The van der Waals surface area contributed by atoms with Crippen molar-refractivity contribution < 1.29 is 4.79 Å². The minimum Gasteiger partial charge on any atom is -0.356 e. The van der Waals surface area contributed by atoms with Gasteiger partial charge in [-0.15, -0.1) is 0 Å². The monoisotopic (exact) mass is 244 g/mol. The molecule has 0 bridgehead atoms. The van der Waals surface area contributed by atoms with E-state index in [-0.39, 0.29) is 5.91 Å². The van der Waals surface area contributed by atoms with E-state index in [4.69, 9.17) is 0 Å². The summed E-state index contributed by atoms with van der Waals surface area (Å²) in [6.07, 6.45) is 7.61. The molecule has 0 aromatic heterocycles. The quantitative estimate of drug-likeness (QED) is 0.638. The van der Waals surface area contributed by atoms with Crippen LogP contribution in [0.5, 0.6) is 0 Å². The topological polar surface area (TPSA) is 41.1 Å². The maximum absolute atomic E-state index is 11.5. The maximum atomic E-state index is 11.5. The van der Waals surface area contributed by atoms with E-state index < -0.39 is 0 Å². The fourth-order valence-electron chi connectivity index (χ4n) is 2.00. The highest BCUT2D eigenvalue weighted by Crippen LogP contribution is 2.11. The zero-order valence-corrected chi connectivity index (χ0v) is 11.1. The van der Waals surface area contributed by atoms with Gasteiger partial charge in [-0.05, 0) is 50.3 Å². The standard InChI is InChI=1S/C12H24N2OS/c1-16-8-4-2-3-6-14-12(15)9-11-5-7-13-10-11/h11,13H,2-10H2,1H3,(H,14,15). The molecule has 1 amide bonds. The number of nitrogens with one attached hydrogen (secondary N) is 2. The van der Waals surface area contributed by atoms with Crippen molar-refractivity contribution in [3.63, 3.8) is 0 Å². The van der Waals surface area contributed by atoms with Gasteiger partial charge in [-0.25, -0.2) is 0 Å². The highest BCUT2D eigenvalue weighted by Gasteiger charge is 2.17. The number of hydrogen-bond donors (Lipinski definition) is 2. The molecule has 3 nitrogen and oxygen atoms in total. The second-order valence-electron chi connectivity index (χ2n) is 4.47. The van der Waals surface area contributed by atoms with E-state index in [2.05, 4.69) is 16.9 Å². The normalized spacial score (nSPS) is 19.9. The Morgan fingerprint density at radius 1 is 1.44 bits per heavy atom. The van der Waals surface area contributed by atoms with Gasteiger partial charge in [0.25, 0.3) is 0 Å². The number of rotatable bonds is 8. The van der Waals surface area contributed by atoms with E-state index in [0.717, 1.165) is 32.5 Å². The first-order valence-corrected chi connectivity index (χ1v) is 7.68. The molecule has 4 heteroatoms. The molecule has 0 aromatic rings. The van der Waals surface area contributed by atoms with E-state index in [1.165, 1.54) is 18.6 Å². The summed E-state index contributed by atoms with van der Waals surface area (Å²) in [5.74, 6) is 2.04. The lowest BCUT2D eigenvalue weighted by atomic mass is 10.0. The minimum atomic E-state index is 0.235. The van der Waals surface area contributed by atoms with Crippen molar-refractivity contribution in [2.75, 3.05) is 31.6 Å². The van der Waals surface area contributed by atoms with Crippen LogP contribution in [0.3, 0.4) is 0 Å². The summed E-state index contributed by atoms with van der Waals surface area (Å²) in [6, 6.07) is 0. The van der Waals surface area contributed by atoms with Gasteiger partial charge in [0.2, 0.25) is 5.91 Å². The number of thioether (sulfide) groups is 1. The summed E-state index contributed by atoms with van der Waals surface area (Å²) < 4.78 is 0. The van der Waals surface area contributed by atoms with Gasteiger partial charge in [0.05, 0.1) is 0 Å². The molecule has 0 radical (unpaired) electrons. The molecule has 1 saturated heterocycles. The molecule has 0 aromatic carbocycles. The first-order valence-electron chi connectivity index (χ1n) is 6.29. The summed E-state index contributed by atoms with van der Waals surface area (Å²) in [4.78, 5) is 11.5.